The fourth-order valence-electron chi connectivity index (χ4n) is 2.00. The zero-order valence-corrected chi connectivity index (χ0v) is 12.0. The number of benzene rings is 1. The van der Waals surface area contributed by atoms with Gasteiger partial charge in [-0.3, -0.25) is 9.78 Å². The number of carbonyl (C=O) groups is 1. The number of anilines is 2. The van der Waals surface area contributed by atoms with Crippen LogP contribution in [0.3, 0.4) is 0 Å². The fourth-order valence-corrected chi connectivity index (χ4v) is 2.00. The normalized spacial score (nSPS) is 10.2. The van der Waals surface area contributed by atoms with Crippen molar-refractivity contribution in [2.75, 3.05) is 17.2 Å². The second kappa shape index (κ2) is 6.19. The van der Waals surface area contributed by atoms with Crippen molar-refractivity contribution in [1.82, 2.24) is 4.98 Å². The number of nitrogens with zero attached hydrogens (tertiary/aromatic N) is 1. The van der Waals surface area contributed by atoms with Gasteiger partial charge < -0.3 is 10.6 Å². The first kappa shape index (κ1) is 14.1. The van der Waals surface area contributed by atoms with Crippen LogP contribution in [0.5, 0.6) is 0 Å². The number of aromatic nitrogens is 1. The van der Waals surface area contributed by atoms with Crippen molar-refractivity contribution in [3.05, 3.63) is 53.3 Å². The van der Waals surface area contributed by atoms with Crippen LogP contribution in [0.2, 0.25) is 0 Å². The Kier molecular flexibility index (Phi) is 4.35. The van der Waals surface area contributed by atoms with Gasteiger partial charge in [-0.2, -0.15) is 0 Å². The predicted octanol–water partition coefficient (Wildman–Crippen LogP) is 3.38. The molecule has 0 spiro atoms. The monoisotopic (exact) mass is 269 g/mol. The number of amides is 1. The molecule has 0 unspecified atom stereocenters. The maximum atomic E-state index is 12.4. The van der Waals surface area contributed by atoms with Crippen molar-refractivity contribution in [1.29, 1.82) is 0 Å². The first-order valence-corrected chi connectivity index (χ1v) is 6.68. The number of pyridine rings is 1. The van der Waals surface area contributed by atoms with Crippen LogP contribution in [0, 0.1) is 13.8 Å². The molecule has 0 aliphatic carbocycles. The molecule has 0 saturated carbocycles. The van der Waals surface area contributed by atoms with Crippen molar-refractivity contribution in [3.8, 4) is 0 Å². The van der Waals surface area contributed by atoms with Crippen LogP contribution in [0.4, 0.5) is 11.4 Å². The van der Waals surface area contributed by atoms with Gasteiger partial charge >= 0.3 is 0 Å². The minimum atomic E-state index is -0.116. The van der Waals surface area contributed by atoms with E-state index in [9.17, 15) is 4.79 Å². The van der Waals surface area contributed by atoms with E-state index in [0.29, 0.717) is 5.56 Å². The lowest BCUT2D eigenvalue weighted by Crippen LogP contribution is -2.15. The Morgan fingerprint density at radius 2 is 2.00 bits per heavy atom. The van der Waals surface area contributed by atoms with Gasteiger partial charge in [-0.1, -0.05) is 6.07 Å². The molecule has 20 heavy (non-hydrogen) atoms. The van der Waals surface area contributed by atoms with Crippen molar-refractivity contribution >= 4 is 17.3 Å². The van der Waals surface area contributed by atoms with Crippen LogP contribution in [-0.2, 0) is 0 Å². The molecule has 2 aromatic rings. The molecule has 1 heterocycles. The molecule has 0 bridgehead atoms. The van der Waals surface area contributed by atoms with Crippen LogP contribution < -0.4 is 10.6 Å². The smallest absolute Gasteiger partial charge is 0.257 e. The summed E-state index contributed by atoms with van der Waals surface area (Å²) in [6, 6.07) is 7.57. The highest BCUT2D eigenvalue weighted by atomic mass is 16.1. The molecule has 0 radical (unpaired) electrons. The van der Waals surface area contributed by atoms with Gasteiger partial charge in [0.05, 0.1) is 5.56 Å². The summed E-state index contributed by atoms with van der Waals surface area (Å²) >= 11 is 0. The molecule has 2 N–H and O–H groups in total. The molecular weight excluding hydrogens is 250 g/mol. The zero-order valence-electron chi connectivity index (χ0n) is 12.0. The molecule has 0 aliphatic heterocycles. The third kappa shape index (κ3) is 3.15. The van der Waals surface area contributed by atoms with Gasteiger partial charge in [-0.05, 0) is 50.1 Å². The molecule has 4 nitrogen and oxygen atoms in total. The Morgan fingerprint density at radius 1 is 1.20 bits per heavy atom. The summed E-state index contributed by atoms with van der Waals surface area (Å²) < 4.78 is 0. The minimum absolute atomic E-state index is 0.116. The first-order valence-electron chi connectivity index (χ1n) is 6.68. The number of aryl methyl sites for hydroxylation is 2. The predicted molar refractivity (Wildman–Crippen MR) is 82.3 cm³/mol. The molecule has 2 rings (SSSR count). The van der Waals surface area contributed by atoms with Gasteiger partial charge in [0, 0.05) is 30.3 Å². The summed E-state index contributed by atoms with van der Waals surface area (Å²) in [5.41, 5.74) is 4.36. The summed E-state index contributed by atoms with van der Waals surface area (Å²) in [5, 5.41) is 6.15. The molecule has 0 fully saturated rings. The van der Waals surface area contributed by atoms with E-state index >= 15 is 0 Å². The van der Waals surface area contributed by atoms with Crippen LogP contribution in [0.25, 0.3) is 0 Å². The topological polar surface area (TPSA) is 54.0 Å². The molecule has 104 valence electrons. The molecule has 0 atom stereocenters. The number of hydrogen-bond donors (Lipinski definition) is 2. The standard InChI is InChI=1S/C16H19N3O/c1-4-18-15-9-11(2)5-6-13(15)16(20)19-14-7-8-17-10-12(14)3/h5-10,18H,4H2,1-3H3,(H,17,19,20). The van der Waals surface area contributed by atoms with Crippen LogP contribution in [0.1, 0.15) is 28.4 Å². The quantitative estimate of drug-likeness (QED) is 0.894. The van der Waals surface area contributed by atoms with Crippen LogP contribution in [-0.4, -0.2) is 17.4 Å². The molecule has 1 aromatic carbocycles. The highest BCUT2D eigenvalue weighted by Gasteiger charge is 2.12. The average Bonchev–Trinajstić information content (AvgIpc) is 2.42. The highest BCUT2D eigenvalue weighted by Crippen LogP contribution is 2.20. The van der Waals surface area contributed by atoms with Gasteiger partial charge in [-0.15, -0.1) is 0 Å². The Morgan fingerprint density at radius 3 is 2.70 bits per heavy atom. The van der Waals surface area contributed by atoms with Gasteiger partial charge in [0.25, 0.3) is 5.91 Å². The van der Waals surface area contributed by atoms with Crippen LogP contribution >= 0.6 is 0 Å². The second-order valence-corrected chi connectivity index (χ2v) is 4.72. The third-order valence-corrected chi connectivity index (χ3v) is 3.06. The van der Waals surface area contributed by atoms with Gasteiger partial charge in [0.15, 0.2) is 0 Å². The lowest BCUT2D eigenvalue weighted by Gasteiger charge is -2.13. The number of hydrogen-bond acceptors (Lipinski definition) is 3. The summed E-state index contributed by atoms with van der Waals surface area (Å²) in [6.45, 7) is 6.72. The van der Waals surface area contributed by atoms with E-state index in [0.717, 1.165) is 29.0 Å². The number of rotatable bonds is 4. The summed E-state index contributed by atoms with van der Waals surface area (Å²) in [6.07, 6.45) is 3.40. The van der Waals surface area contributed by atoms with Gasteiger partial charge in [-0.25, -0.2) is 0 Å². The second-order valence-electron chi connectivity index (χ2n) is 4.72. The first-order chi connectivity index (χ1) is 9.61. The third-order valence-electron chi connectivity index (χ3n) is 3.06. The molecule has 1 amide bonds. The van der Waals surface area contributed by atoms with E-state index in [1.807, 2.05) is 39.0 Å². The maximum Gasteiger partial charge on any atom is 0.257 e. The van der Waals surface area contributed by atoms with E-state index in [2.05, 4.69) is 15.6 Å². The van der Waals surface area contributed by atoms with E-state index in [-0.39, 0.29) is 5.91 Å². The number of carbonyl (C=O) groups excluding carboxylic acids is 1. The average molecular weight is 269 g/mol. The van der Waals surface area contributed by atoms with Gasteiger partial charge in [0.1, 0.15) is 0 Å². The minimum Gasteiger partial charge on any atom is -0.385 e. The van der Waals surface area contributed by atoms with Crippen molar-refractivity contribution in [2.45, 2.75) is 20.8 Å². The summed E-state index contributed by atoms with van der Waals surface area (Å²) in [4.78, 5) is 16.4. The Balaban J connectivity index is 2.27. The molecular formula is C16H19N3O. The van der Waals surface area contributed by atoms with E-state index in [4.69, 9.17) is 0 Å². The Bertz CT molecular complexity index is 623. The van der Waals surface area contributed by atoms with Crippen molar-refractivity contribution in [2.24, 2.45) is 0 Å². The zero-order chi connectivity index (χ0) is 14.5. The molecule has 1 aromatic heterocycles. The maximum absolute atomic E-state index is 12.4. The molecule has 0 aliphatic rings. The Hall–Kier alpha value is -2.36. The highest BCUT2D eigenvalue weighted by molar-refractivity contribution is 6.08. The fraction of sp³-hybridized carbons (Fsp3) is 0.250. The molecule has 0 saturated heterocycles. The summed E-state index contributed by atoms with van der Waals surface area (Å²) in [5.74, 6) is -0.116. The Labute approximate surface area is 119 Å². The SMILES string of the molecule is CCNc1cc(C)ccc1C(=O)Nc1ccncc1C. The molecule has 4 heteroatoms. The van der Waals surface area contributed by atoms with Crippen molar-refractivity contribution < 1.29 is 4.79 Å². The van der Waals surface area contributed by atoms with E-state index in [1.54, 1.807) is 18.5 Å². The van der Waals surface area contributed by atoms with E-state index in [1.165, 1.54) is 0 Å². The van der Waals surface area contributed by atoms with Crippen LogP contribution in [0.15, 0.2) is 36.7 Å². The number of nitrogens with one attached hydrogen (secondary N) is 2. The lowest BCUT2D eigenvalue weighted by molar-refractivity contribution is 0.102. The lowest BCUT2D eigenvalue weighted by atomic mass is 10.1. The van der Waals surface area contributed by atoms with Crippen molar-refractivity contribution in [3.63, 3.8) is 0 Å². The van der Waals surface area contributed by atoms with Gasteiger partial charge in [0.2, 0.25) is 0 Å². The van der Waals surface area contributed by atoms with E-state index < -0.39 is 0 Å². The largest absolute Gasteiger partial charge is 0.385 e. The summed E-state index contributed by atoms with van der Waals surface area (Å²) in [7, 11) is 0.